The van der Waals surface area contributed by atoms with E-state index in [1.807, 2.05) is 56.3 Å². The van der Waals surface area contributed by atoms with Crippen LogP contribution in [-0.2, 0) is 16.1 Å². The molecule has 9 heteroatoms. The number of amides is 3. The van der Waals surface area contributed by atoms with Gasteiger partial charge in [-0.1, -0.05) is 56.1 Å². The average Bonchev–Trinajstić information content (AvgIpc) is 3.09. The number of ether oxygens (including phenoxy) is 1. The number of hydrogen-bond donors (Lipinski definition) is 1. The molecule has 4 rings (SSSR count). The van der Waals surface area contributed by atoms with Crippen LogP contribution in [0.3, 0.4) is 0 Å². The number of nitrogens with one attached hydrogen (secondary N) is 1. The zero-order chi connectivity index (χ0) is 25.8. The van der Waals surface area contributed by atoms with Crippen LogP contribution >= 0.6 is 43.6 Å². The summed E-state index contributed by atoms with van der Waals surface area (Å²) in [5, 5.41) is 2.54. The normalized spacial score (nSPS) is 14.4. The van der Waals surface area contributed by atoms with Crippen molar-refractivity contribution in [1.82, 2.24) is 4.90 Å². The molecule has 0 bridgehead atoms. The van der Waals surface area contributed by atoms with Crippen LogP contribution in [0.25, 0.3) is 6.08 Å². The fourth-order valence-electron chi connectivity index (χ4n) is 3.51. The van der Waals surface area contributed by atoms with Gasteiger partial charge in [0, 0.05) is 20.2 Å². The van der Waals surface area contributed by atoms with Gasteiger partial charge in [-0.25, -0.2) is 0 Å². The van der Waals surface area contributed by atoms with Gasteiger partial charge in [0.1, 0.15) is 5.75 Å². The first-order chi connectivity index (χ1) is 17.2. The first kappa shape index (κ1) is 26.2. The zero-order valence-corrected chi connectivity index (χ0v) is 23.5. The number of rotatable bonds is 7. The van der Waals surface area contributed by atoms with Crippen molar-refractivity contribution in [2.45, 2.75) is 20.4 Å². The highest BCUT2D eigenvalue weighted by molar-refractivity contribution is 9.10. The van der Waals surface area contributed by atoms with E-state index >= 15 is 0 Å². The first-order valence-electron chi connectivity index (χ1n) is 11.0. The lowest BCUT2D eigenvalue weighted by Crippen LogP contribution is -2.27. The van der Waals surface area contributed by atoms with Gasteiger partial charge >= 0.3 is 0 Å². The quantitative estimate of drug-likeness (QED) is 0.283. The summed E-state index contributed by atoms with van der Waals surface area (Å²) in [6, 6.07) is 18.6. The smallest absolute Gasteiger partial charge is 0.293 e. The third-order valence-corrected chi connectivity index (χ3v) is 7.34. The number of carbonyl (C=O) groups is 3. The number of thioether (sulfide) groups is 1. The van der Waals surface area contributed by atoms with Gasteiger partial charge in [0.25, 0.3) is 17.1 Å². The summed E-state index contributed by atoms with van der Waals surface area (Å²) >= 11 is 7.70. The van der Waals surface area contributed by atoms with Crippen molar-refractivity contribution >= 4 is 72.4 Å². The number of nitrogens with zero attached hydrogens (tertiary/aromatic N) is 1. The predicted molar refractivity (Wildman–Crippen MR) is 150 cm³/mol. The molecule has 1 N–H and O–H groups in total. The Morgan fingerprint density at radius 2 is 1.72 bits per heavy atom. The SMILES string of the molecule is Cc1ccc(C)c(NC(=O)COc2ccc(Br)cc2/C=C2\SC(=O)N(Cc3ccc(Br)cc3)C2=O)c1. The van der Waals surface area contributed by atoms with E-state index < -0.39 is 0 Å². The van der Waals surface area contributed by atoms with Crippen molar-refractivity contribution in [3.63, 3.8) is 0 Å². The predicted octanol–water partition coefficient (Wildman–Crippen LogP) is 7.08. The minimum Gasteiger partial charge on any atom is -0.483 e. The molecule has 184 valence electrons. The molecule has 0 saturated carbocycles. The second-order valence-corrected chi connectivity index (χ2v) is 11.1. The Kier molecular flexibility index (Phi) is 8.33. The Bertz CT molecular complexity index is 1370. The molecule has 0 atom stereocenters. The van der Waals surface area contributed by atoms with E-state index in [0.717, 1.165) is 43.1 Å². The van der Waals surface area contributed by atoms with Gasteiger partial charge in [0.05, 0.1) is 11.4 Å². The standard InChI is InChI=1S/C27H22Br2N2O4S/c1-16-3-4-17(2)22(11-16)30-25(32)15-35-23-10-9-21(29)12-19(23)13-24-26(33)31(27(34)36-24)14-18-5-7-20(28)8-6-18/h3-13H,14-15H2,1-2H3,(H,30,32)/b24-13-. The summed E-state index contributed by atoms with van der Waals surface area (Å²) in [7, 11) is 0. The minimum atomic E-state index is -0.369. The fraction of sp³-hybridized carbons (Fsp3) is 0.148. The molecule has 3 amide bonds. The summed E-state index contributed by atoms with van der Waals surface area (Å²) in [5.41, 5.74) is 4.17. The summed E-state index contributed by atoms with van der Waals surface area (Å²) in [5.74, 6) is -0.243. The first-order valence-corrected chi connectivity index (χ1v) is 13.4. The Hall–Kier alpha value is -2.88. The third kappa shape index (κ3) is 6.46. The molecule has 1 saturated heterocycles. The van der Waals surface area contributed by atoms with Gasteiger partial charge in [-0.2, -0.15) is 0 Å². The summed E-state index contributed by atoms with van der Waals surface area (Å²) in [4.78, 5) is 39.6. The number of aryl methyl sites for hydroxylation is 2. The van der Waals surface area contributed by atoms with Gasteiger partial charge in [0.15, 0.2) is 6.61 Å². The van der Waals surface area contributed by atoms with Crippen LogP contribution in [0.15, 0.2) is 74.5 Å². The van der Waals surface area contributed by atoms with Crippen molar-refractivity contribution in [1.29, 1.82) is 0 Å². The minimum absolute atomic E-state index is 0.190. The summed E-state index contributed by atoms with van der Waals surface area (Å²) < 4.78 is 7.50. The van der Waals surface area contributed by atoms with Crippen LogP contribution in [0.2, 0.25) is 0 Å². The molecule has 0 spiro atoms. The van der Waals surface area contributed by atoms with Gasteiger partial charge in [-0.05, 0) is 84.8 Å². The number of carbonyl (C=O) groups excluding carboxylic acids is 3. The van der Waals surface area contributed by atoms with Crippen LogP contribution in [0.1, 0.15) is 22.3 Å². The Labute approximate surface area is 230 Å². The maximum Gasteiger partial charge on any atom is 0.293 e. The number of halogens is 2. The second-order valence-electron chi connectivity index (χ2n) is 8.23. The molecule has 1 heterocycles. The lowest BCUT2D eigenvalue weighted by Gasteiger charge is -2.13. The molecule has 3 aromatic rings. The highest BCUT2D eigenvalue weighted by atomic mass is 79.9. The van der Waals surface area contributed by atoms with E-state index in [0.29, 0.717) is 16.2 Å². The number of benzene rings is 3. The monoisotopic (exact) mass is 628 g/mol. The third-order valence-electron chi connectivity index (χ3n) is 5.41. The Balaban J connectivity index is 1.48. The molecule has 1 fully saturated rings. The summed E-state index contributed by atoms with van der Waals surface area (Å²) in [6.45, 7) is 3.86. The molecule has 6 nitrogen and oxygen atoms in total. The van der Waals surface area contributed by atoms with E-state index in [4.69, 9.17) is 4.74 Å². The van der Waals surface area contributed by atoms with Crippen molar-refractivity contribution < 1.29 is 19.1 Å². The van der Waals surface area contributed by atoms with Gasteiger partial charge in [0.2, 0.25) is 0 Å². The van der Waals surface area contributed by atoms with Gasteiger partial charge < -0.3 is 10.1 Å². The van der Waals surface area contributed by atoms with Crippen molar-refractivity contribution in [2.75, 3.05) is 11.9 Å². The topological polar surface area (TPSA) is 75.7 Å². The molecule has 0 aromatic heterocycles. The molecule has 0 radical (unpaired) electrons. The maximum absolute atomic E-state index is 13.0. The van der Waals surface area contributed by atoms with Gasteiger partial charge in [-0.3, -0.25) is 19.3 Å². The van der Waals surface area contributed by atoms with E-state index in [-0.39, 0.29) is 30.2 Å². The van der Waals surface area contributed by atoms with Crippen LogP contribution in [0, 0.1) is 13.8 Å². The Morgan fingerprint density at radius 1 is 1.00 bits per heavy atom. The molecule has 3 aromatic carbocycles. The van der Waals surface area contributed by atoms with E-state index in [1.54, 1.807) is 24.3 Å². The largest absolute Gasteiger partial charge is 0.483 e. The molecule has 0 aliphatic carbocycles. The fourth-order valence-corrected chi connectivity index (χ4v) is 4.99. The second kappa shape index (κ2) is 11.5. The van der Waals surface area contributed by atoms with Crippen LogP contribution < -0.4 is 10.1 Å². The van der Waals surface area contributed by atoms with E-state index in [1.165, 1.54) is 4.90 Å². The van der Waals surface area contributed by atoms with E-state index in [2.05, 4.69) is 37.2 Å². The van der Waals surface area contributed by atoms with Crippen molar-refractivity contribution in [2.24, 2.45) is 0 Å². The summed E-state index contributed by atoms with van der Waals surface area (Å²) in [6.07, 6.45) is 1.62. The molecule has 36 heavy (non-hydrogen) atoms. The number of anilines is 1. The van der Waals surface area contributed by atoms with Crippen LogP contribution in [-0.4, -0.2) is 28.6 Å². The van der Waals surface area contributed by atoms with E-state index in [9.17, 15) is 14.4 Å². The molecule has 0 unspecified atom stereocenters. The zero-order valence-electron chi connectivity index (χ0n) is 19.5. The van der Waals surface area contributed by atoms with Crippen LogP contribution in [0.4, 0.5) is 10.5 Å². The Morgan fingerprint density at radius 3 is 2.47 bits per heavy atom. The van der Waals surface area contributed by atoms with Gasteiger partial charge in [-0.15, -0.1) is 0 Å². The maximum atomic E-state index is 13.0. The van der Waals surface area contributed by atoms with Crippen LogP contribution in [0.5, 0.6) is 5.75 Å². The molecular weight excluding hydrogens is 608 g/mol. The highest BCUT2D eigenvalue weighted by Gasteiger charge is 2.35. The molecular formula is C27H22Br2N2O4S. The van der Waals surface area contributed by atoms with Crippen molar-refractivity contribution in [3.8, 4) is 5.75 Å². The highest BCUT2D eigenvalue weighted by Crippen LogP contribution is 2.35. The average molecular weight is 630 g/mol. The van der Waals surface area contributed by atoms with Crippen molar-refractivity contribution in [3.05, 3.63) is 96.8 Å². The molecule has 1 aliphatic rings. The number of imide groups is 1. The lowest BCUT2D eigenvalue weighted by atomic mass is 10.1. The molecule has 1 aliphatic heterocycles. The number of hydrogen-bond acceptors (Lipinski definition) is 5. The lowest BCUT2D eigenvalue weighted by molar-refractivity contribution is -0.123.